The van der Waals surface area contributed by atoms with Gasteiger partial charge in [-0.05, 0) is 18.6 Å². The molecule has 124 valence electrons. The van der Waals surface area contributed by atoms with Gasteiger partial charge in [0.2, 0.25) is 0 Å². The first-order valence-electron chi connectivity index (χ1n) is 8.27. The molecule has 22 heavy (non-hydrogen) atoms. The van der Waals surface area contributed by atoms with Gasteiger partial charge in [0.25, 0.3) is 0 Å². The second kappa shape index (κ2) is 8.86. The zero-order chi connectivity index (χ0) is 15.8. The number of nitrogen functional groups attached to an aromatic ring is 1. The molecular formula is C17H28N2O3. The van der Waals surface area contributed by atoms with Crippen LogP contribution in [0.4, 0.5) is 11.4 Å². The largest absolute Gasteiger partial charge is 0.463 e. The Morgan fingerprint density at radius 1 is 1.27 bits per heavy atom. The zero-order valence-electron chi connectivity index (χ0n) is 13.5. The normalized spacial score (nSPS) is 16.5. The molecule has 1 aromatic rings. The lowest BCUT2D eigenvalue weighted by atomic mass is 10.1. The maximum Gasteiger partial charge on any atom is 0.197 e. The summed E-state index contributed by atoms with van der Waals surface area (Å²) in [6, 6.07) is 5.62. The summed E-state index contributed by atoms with van der Waals surface area (Å²) in [6.45, 7) is 5.25. The van der Waals surface area contributed by atoms with Crippen molar-refractivity contribution in [1.82, 2.24) is 0 Å². The van der Waals surface area contributed by atoms with Crippen molar-refractivity contribution in [1.29, 1.82) is 0 Å². The molecule has 3 N–H and O–H groups in total. The van der Waals surface area contributed by atoms with Gasteiger partial charge < -0.3 is 25.2 Å². The van der Waals surface area contributed by atoms with Crippen molar-refractivity contribution in [3.63, 3.8) is 0 Å². The number of anilines is 2. The van der Waals surface area contributed by atoms with Crippen molar-refractivity contribution in [2.45, 2.75) is 45.3 Å². The van der Waals surface area contributed by atoms with Crippen LogP contribution >= 0.6 is 0 Å². The van der Waals surface area contributed by atoms with Crippen LogP contribution in [0, 0.1) is 0 Å². The molecule has 1 unspecified atom stereocenters. The first kappa shape index (κ1) is 16.9. The van der Waals surface area contributed by atoms with E-state index in [0.29, 0.717) is 31.1 Å². The SMILES string of the molecule is CCCCCCC(O)Oc1cc(N)ccc1N1CCOCC1. The smallest absolute Gasteiger partial charge is 0.197 e. The van der Waals surface area contributed by atoms with E-state index in [1.165, 1.54) is 12.8 Å². The van der Waals surface area contributed by atoms with Gasteiger partial charge in [0, 0.05) is 31.3 Å². The van der Waals surface area contributed by atoms with E-state index in [2.05, 4.69) is 11.8 Å². The first-order chi connectivity index (χ1) is 10.7. The highest BCUT2D eigenvalue weighted by Crippen LogP contribution is 2.32. The van der Waals surface area contributed by atoms with E-state index in [1.807, 2.05) is 12.1 Å². The molecule has 1 aliphatic rings. The van der Waals surface area contributed by atoms with Crippen molar-refractivity contribution >= 4 is 11.4 Å². The molecule has 5 heteroatoms. The lowest BCUT2D eigenvalue weighted by molar-refractivity contribution is -0.0243. The van der Waals surface area contributed by atoms with Gasteiger partial charge in [-0.3, -0.25) is 0 Å². The monoisotopic (exact) mass is 308 g/mol. The minimum atomic E-state index is -0.779. The number of aliphatic hydroxyl groups is 1. The highest BCUT2D eigenvalue weighted by atomic mass is 16.6. The van der Waals surface area contributed by atoms with Crippen LogP contribution in [-0.2, 0) is 4.74 Å². The van der Waals surface area contributed by atoms with Crippen LogP contribution < -0.4 is 15.4 Å². The van der Waals surface area contributed by atoms with Gasteiger partial charge in [0.1, 0.15) is 5.75 Å². The molecular weight excluding hydrogens is 280 g/mol. The number of hydrogen-bond donors (Lipinski definition) is 2. The molecule has 2 rings (SSSR count). The summed E-state index contributed by atoms with van der Waals surface area (Å²) in [5.41, 5.74) is 7.49. The third-order valence-corrected chi connectivity index (χ3v) is 3.90. The minimum absolute atomic E-state index is 0.644. The fourth-order valence-corrected chi connectivity index (χ4v) is 2.64. The van der Waals surface area contributed by atoms with Gasteiger partial charge >= 0.3 is 0 Å². The Balaban J connectivity index is 1.97. The zero-order valence-corrected chi connectivity index (χ0v) is 13.5. The molecule has 1 saturated heterocycles. The van der Waals surface area contributed by atoms with E-state index in [4.69, 9.17) is 15.2 Å². The number of hydrogen-bond acceptors (Lipinski definition) is 5. The summed E-state index contributed by atoms with van der Waals surface area (Å²) in [7, 11) is 0. The van der Waals surface area contributed by atoms with Crippen LogP contribution in [0.2, 0.25) is 0 Å². The van der Waals surface area contributed by atoms with Crippen molar-refractivity contribution in [3.05, 3.63) is 18.2 Å². The lowest BCUT2D eigenvalue weighted by Crippen LogP contribution is -2.36. The Bertz CT molecular complexity index is 448. The van der Waals surface area contributed by atoms with Crippen LogP contribution in [0.5, 0.6) is 5.75 Å². The Morgan fingerprint density at radius 3 is 2.77 bits per heavy atom. The van der Waals surface area contributed by atoms with Gasteiger partial charge in [-0.2, -0.15) is 0 Å². The quantitative estimate of drug-likeness (QED) is 0.439. The van der Waals surface area contributed by atoms with Crippen LogP contribution in [-0.4, -0.2) is 37.7 Å². The average molecular weight is 308 g/mol. The molecule has 0 spiro atoms. The van der Waals surface area contributed by atoms with E-state index in [9.17, 15) is 5.11 Å². The number of nitrogens with zero attached hydrogens (tertiary/aromatic N) is 1. The van der Waals surface area contributed by atoms with Gasteiger partial charge in [-0.1, -0.05) is 26.2 Å². The Hall–Kier alpha value is -1.46. The Labute approximate surface area is 133 Å². The summed E-state index contributed by atoms with van der Waals surface area (Å²) in [5, 5.41) is 10.1. The number of aliphatic hydroxyl groups excluding tert-OH is 1. The number of ether oxygens (including phenoxy) is 2. The summed E-state index contributed by atoms with van der Waals surface area (Å²) in [5.74, 6) is 0.657. The molecule has 5 nitrogen and oxygen atoms in total. The fourth-order valence-electron chi connectivity index (χ4n) is 2.64. The topological polar surface area (TPSA) is 68.0 Å². The first-order valence-corrected chi connectivity index (χ1v) is 8.27. The standard InChI is InChI=1S/C17H28N2O3/c1-2-3-4-5-6-17(20)22-16-13-14(18)7-8-15(16)19-9-11-21-12-10-19/h7-8,13,17,20H,2-6,9-12,18H2,1H3. The molecule has 1 heterocycles. The number of rotatable bonds is 8. The van der Waals surface area contributed by atoms with Gasteiger partial charge in [-0.15, -0.1) is 0 Å². The van der Waals surface area contributed by atoms with Gasteiger partial charge in [0.05, 0.1) is 18.9 Å². The maximum absolute atomic E-state index is 10.1. The number of nitrogens with two attached hydrogens (primary N) is 1. The van der Waals surface area contributed by atoms with E-state index < -0.39 is 6.29 Å². The van der Waals surface area contributed by atoms with Crippen LogP contribution in [0.25, 0.3) is 0 Å². The molecule has 1 fully saturated rings. The van der Waals surface area contributed by atoms with Crippen molar-refractivity contribution in [3.8, 4) is 5.75 Å². The van der Waals surface area contributed by atoms with Gasteiger partial charge in [0.15, 0.2) is 6.29 Å². The van der Waals surface area contributed by atoms with E-state index in [-0.39, 0.29) is 0 Å². The average Bonchev–Trinajstić information content (AvgIpc) is 2.53. The Kier molecular flexibility index (Phi) is 6.80. The predicted octanol–water partition coefficient (Wildman–Crippen LogP) is 2.77. The summed E-state index contributed by atoms with van der Waals surface area (Å²) in [4.78, 5) is 2.21. The molecule has 0 aliphatic carbocycles. The van der Waals surface area contributed by atoms with Crippen molar-refractivity contribution in [2.75, 3.05) is 36.9 Å². The highest BCUT2D eigenvalue weighted by Gasteiger charge is 2.17. The maximum atomic E-state index is 10.1. The number of benzene rings is 1. The number of morpholine rings is 1. The van der Waals surface area contributed by atoms with Crippen LogP contribution in [0.15, 0.2) is 18.2 Å². The summed E-state index contributed by atoms with van der Waals surface area (Å²) >= 11 is 0. The molecule has 0 amide bonds. The highest BCUT2D eigenvalue weighted by molar-refractivity contribution is 5.64. The summed E-state index contributed by atoms with van der Waals surface area (Å²) in [6.07, 6.45) is 4.36. The molecule has 0 radical (unpaired) electrons. The second-order valence-electron chi connectivity index (χ2n) is 5.75. The van der Waals surface area contributed by atoms with Crippen LogP contribution in [0.3, 0.4) is 0 Å². The lowest BCUT2D eigenvalue weighted by Gasteiger charge is -2.31. The third-order valence-electron chi connectivity index (χ3n) is 3.90. The number of unbranched alkanes of at least 4 members (excludes halogenated alkanes) is 3. The van der Waals surface area contributed by atoms with E-state index in [0.717, 1.165) is 31.6 Å². The molecule has 1 aliphatic heterocycles. The molecule has 0 aromatic heterocycles. The fraction of sp³-hybridized carbons (Fsp3) is 0.647. The van der Waals surface area contributed by atoms with Crippen molar-refractivity contribution < 1.29 is 14.6 Å². The Morgan fingerprint density at radius 2 is 2.05 bits per heavy atom. The molecule has 1 atom stereocenters. The second-order valence-corrected chi connectivity index (χ2v) is 5.75. The van der Waals surface area contributed by atoms with Crippen molar-refractivity contribution in [2.24, 2.45) is 0 Å². The van der Waals surface area contributed by atoms with E-state index >= 15 is 0 Å². The molecule has 1 aromatic carbocycles. The molecule has 0 saturated carbocycles. The van der Waals surface area contributed by atoms with E-state index in [1.54, 1.807) is 6.07 Å². The van der Waals surface area contributed by atoms with Gasteiger partial charge in [-0.25, -0.2) is 0 Å². The van der Waals surface area contributed by atoms with Crippen LogP contribution in [0.1, 0.15) is 39.0 Å². The predicted molar refractivity (Wildman–Crippen MR) is 89.3 cm³/mol. The minimum Gasteiger partial charge on any atom is -0.463 e. The molecule has 0 bridgehead atoms. The third kappa shape index (κ3) is 5.07. The summed E-state index contributed by atoms with van der Waals surface area (Å²) < 4.78 is 11.1.